The molecule has 0 atom stereocenters. The monoisotopic (exact) mass is 428 g/mol. The van der Waals surface area contributed by atoms with Gasteiger partial charge < -0.3 is 21.9 Å². The van der Waals surface area contributed by atoms with Crippen LogP contribution in [0, 0.1) is 5.82 Å². The molecule has 156 valence electrons. The van der Waals surface area contributed by atoms with Crippen molar-refractivity contribution >= 4 is 34.0 Å². The fourth-order valence-corrected chi connectivity index (χ4v) is 3.93. The van der Waals surface area contributed by atoms with E-state index in [1.54, 1.807) is 44.2 Å². The highest BCUT2D eigenvalue weighted by Crippen LogP contribution is 2.38. The van der Waals surface area contributed by atoms with Gasteiger partial charge in [-0.05, 0) is 43.7 Å². The number of thiophene rings is 1. The minimum atomic E-state index is -1.18. The number of rotatable bonds is 7. The van der Waals surface area contributed by atoms with Gasteiger partial charge in [0.05, 0.1) is 23.3 Å². The van der Waals surface area contributed by atoms with Gasteiger partial charge in [-0.2, -0.15) is 0 Å². The van der Waals surface area contributed by atoms with Gasteiger partial charge in [0.2, 0.25) is 5.91 Å². The fourth-order valence-electron chi connectivity index (χ4n) is 2.84. The van der Waals surface area contributed by atoms with Crippen LogP contribution in [0.2, 0.25) is 0 Å². The van der Waals surface area contributed by atoms with Gasteiger partial charge in [0.15, 0.2) is 0 Å². The Morgan fingerprint density at radius 1 is 1.20 bits per heavy atom. The summed E-state index contributed by atoms with van der Waals surface area (Å²) in [5, 5.41) is 13.5. The molecule has 1 aromatic carbocycles. The fraction of sp³-hybridized carbons (Fsp3) is 0.190. The average Bonchev–Trinajstić information content (AvgIpc) is 3.04. The van der Waals surface area contributed by atoms with Crippen LogP contribution < -0.4 is 16.8 Å². The van der Waals surface area contributed by atoms with Gasteiger partial charge in [0, 0.05) is 10.4 Å². The molecular weight excluding hydrogens is 407 g/mol. The number of aliphatic hydroxyl groups is 1. The first kappa shape index (κ1) is 21.4. The number of hydrogen-bond acceptors (Lipinski definition) is 6. The predicted octanol–water partition coefficient (Wildman–Crippen LogP) is 3.05. The zero-order chi connectivity index (χ0) is 22.1. The Bertz CT molecular complexity index is 1120. The van der Waals surface area contributed by atoms with Crippen molar-refractivity contribution in [2.45, 2.75) is 25.9 Å². The zero-order valence-corrected chi connectivity index (χ0v) is 17.2. The number of amides is 2. The lowest BCUT2D eigenvalue weighted by Crippen LogP contribution is -2.15. The largest absolute Gasteiger partial charge is 0.386 e. The Morgan fingerprint density at radius 2 is 1.93 bits per heavy atom. The molecule has 7 nitrogen and oxygen atoms in total. The molecule has 2 amide bonds. The number of primary amides is 2. The van der Waals surface area contributed by atoms with Crippen molar-refractivity contribution in [2.24, 2.45) is 11.5 Å². The molecule has 2 heterocycles. The van der Waals surface area contributed by atoms with Crippen LogP contribution >= 0.6 is 11.3 Å². The molecule has 0 aliphatic heterocycles. The molecule has 0 bridgehead atoms. The molecule has 9 heteroatoms. The van der Waals surface area contributed by atoms with E-state index in [-0.39, 0.29) is 17.5 Å². The van der Waals surface area contributed by atoms with Gasteiger partial charge in [0.1, 0.15) is 16.6 Å². The Morgan fingerprint density at radius 3 is 2.53 bits per heavy atom. The molecule has 0 aliphatic rings. The molecule has 0 spiro atoms. The Kier molecular flexibility index (Phi) is 5.86. The van der Waals surface area contributed by atoms with Crippen LogP contribution in [0.25, 0.3) is 10.4 Å². The van der Waals surface area contributed by atoms with Gasteiger partial charge in [-0.1, -0.05) is 18.2 Å². The van der Waals surface area contributed by atoms with E-state index in [1.807, 2.05) is 0 Å². The van der Waals surface area contributed by atoms with E-state index < -0.39 is 23.2 Å². The third kappa shape index (κ3) is 4.81. The van der Waals surface area contributed by atoms with Crippen LogP contribution in [0.1, 0.15) is 35.5 Å². The Balaban J connectivity index is 1.97. The summed E-state index contributed by atoms with van der Waals surface area (Å²) in [4.78, 5) is 27.8. The summed E-state index contributed by atoms with van der Waals surface area (Å²) in [7, 11) is 0. The molecule has 0 saturated heterocycles. The molecule has 6 N–H and O–H groups in total. The Labute approximate surface area is 176 Å². The number of nitrogens with zero attached hydrogens (tertiary/aromatic N) is 1. The lowest BCUT2D eigenvalue weighted by atomic mass is 9.96. The molecule has 0 unspecified atom stereocenters. The van der Waals surface area contributed by atoms with E-state index in [4.69, 9.17) is 11.5 Å². The van der Waals surface area contributed by atoms with E-state index >= 15 is 0 Å². The van der Waals surface area contributed by atoms with Gasteiger partial charge in [-0.3, -0.25) is 9.59 Å². The maximum Gasteiger partial charge on any atom is 0.251 e. The van der Waals surface area contributed by atoms with E-state index in [1.165, 1.54) is 12.1 Å². The van der Waals surface area contributed by atoms with Gasteiger partial charge in [-0.25, -0.2) is 9.37 Å². The van der Waals surface area contributed by atoms with Gasteiger partial charge >= 0.3 is 0 Å². The second-order valence-corrected chi connectivity index (χ2v) is 8.31. The quantitative estimate of drug-likeness (QED) is 0.459. The van der Waals surface area contributed by atoms with Crippen LogP contribution in [0.5, 0.6) is 0 Å². The topological polar surface area (TPSA) is 131 Å². The van der Waals surface area contributed by atoms with E-state index in [2.05, 4.69) is 10.3 Å². The number of benzene rings is 1. The lowest BCUT2D eigenvalue weighted by Gasteiger charge is -2.18. The predicted molar refractivity (Wildman–Crippen MR) is 114 cm³/mol. The van der Waals surface area contributed by atoms with Crippen molar-refractivity contribution in [1.29, 1.82) is 0 Å². The highest BCUT2D eigenvalue weighted by molar-refractivity contribution is 7.19. The number of anilines is 2. The summed E-state index contributed by atoms with van der Waals surface area (Å²) in [5.41, 5.74) is 10.9. The molecule has 0 radical (unpaired) electrons. The molecule has 2 aromatic heterocycles. The van der Waals surface area contributed by atoms with Gasteiger partial charge in [-0.15, -0.1) is 11.3 Å². The van der Waals surface area contributed by atoms with Crippen molar-refractivity contribution in [3.05, 3.63) is 65.1 Å². The zero-order valence-electron chi connectivity index (χ0n) is 16.4. The number of nitrogens with two attached hydrogens (primary N) is 2. The first-order valence-corrected chi connectivity index (χ1v) is 9.84. The summed E-state index contributed by atoms with van der Waals surface area (Å²) in [6, 6.07) is 11.0. The number of hydrogen-bond donors (Lipinski definition) is 4. The number of carbonyl (C=O) groups is 2. The highest BCUT2D eigenvalue weighted by Gasteiger charge is 2.21. The van der Waals surface area contributed by atoms with Crippen LogP contribution in [0.3, 0.4) is 0 Å². The Hall–Kier alpha value is -3.30. The average molecular weight is 428 g/mol. The van der Waals surface area contributed by atoms with Crippen molar-refractivity contribution in [1.82, 2.24) is 4.98 Å². The van der Waals surface area contributed by atoms with Crippen molar-refractivity contribution in [3.8, 4) is 10.4 Å². The molecule has 3 rings (SSSR count). The smallest absolute Gasteiger partial charge is 0.251 e. The minimum absolute atomic E-state index is 0.0212. The number of halogens is 1. The van der Waals surface area contributed by atoms with Crippen molar-refractivity contribution in [2.75, 3.05) is 5.32 Å². The number of carbonyl (C=O) groups excluding carboxylic acids is 2. The van der Waals surface area contributed by atoms with E-state index in [0.29, 0.717) is 27.0 Å². The third-order valence-corrected chi connectivity index (χ3v) is 5.43. The van der Waals surface area contributed by atoms with Crippen LogP contribution in [0.4, 0.5) is 15.2 Å². The van der Waals surface area contributed by atoms with Crippen molar-refractivity contribution < 1.29 is 19.1 Å². The lowest BCUT2D eigenvalue weighted by molar-refractivity contribution is -0.117. The maximum absolute atomic E-state index is 14.7. The first-order valence-electron chi connectivity index (χ1n) is 9.02. The molecule has 0 aliphatic carbocycles. The molecular formula is C21H21FN4O3S. The van der Waals surface area contributed by atoms with Crippen molar-refractivity contribution in [3.63, 3.8) is 0 Å². The minimum Gasteiger partial charge on any atom is -0.386 e. The molecule has 0 fully saturated rings. The molecule has 3 aromatic rings. The summed E-state index contributed by atoms with van der Waals surface area (Å²) in [6.07, 6.45) is -0.0212. The normalized spacial score (nSPS) is 11.3. The molecule has 30 heavy (non-hydrogen) atoms. The summed E-state index contributed by atoms with van der Waals surface area (Å²) in [5.74, 6) is -1.33. The second-order valence-electron chi connectivity index (χ2n) is 7.25. The highest BCUT2D eigenvalue weighted by atomic mass is 32.1. The van der Waals surface area contributed by atoms with Crippen LogP contribution in [-0.2, 0) is 16.8 Å². The number of aromatic nitrogens is 1. The number of pyridine rings is 1. The molecule has 0 saturated carbocycles. The summed E-state index contributed by atoms with van der Waals surface area (Å²) >= 11 is 1.14. The standard InChI is InChI=1S/C21H21FN4O3S/c1-21(2,29)11-6-7-13(15(22)8-11)16-10-14(19(24)28)20(30-16)26-18-5-3-4-12(25-18)9-17(23)27/h3-8,10,29H,9H2,1-2H3,(H2,23,27)(H2,24,28)(H,25,26). The second kappa shape index (κ2) is 8.21. The first-order chi connectivity index (χ1) is 14.0. The maximum atomic E-state index is 14.7. The summed E-state index contributed by atoms with van der Waals surface area (Å²) < 4.78 is 14.7. The van der Waals surface area contributed by atoms with Gasteiger partial charge in [0.25, 0.3) is 5.91 Å². The van der Waals surface area contributed by atoms with E-state index in [9.17, 15) is 19.1 Å². The van der Waals surface area contributed by atoms with Crippen LogP contribution in [-0.4, -0.2) is 21.9 Å². The van der Waals surface area contributed by atoms with Crippen LogP contribution in [0.15, 0.2) is 42.5 Å². The SMILES string of the molecule is CC(C)(O)c1ccc(-c2cc(C(N)=O)c(Nc3cccc(CC(N)=O)n3)s2)c(F)c1. The third-order valence-electron chi connectivity index (χ3n) is 4.34. The summed E-state index contributed by atoms with van der Waals surface area (Å²) in [6.45, 7) is 3.14. The number of nitrogens with one attached hydrogen (secondary N) is 1. The van der Waals surface area contributed by atoms with E-state index in [0.717, 1.165) is 11.3 Å².